The normalized spacial score (nSPS) is 21.7. The number of nitrogens with zero attached hydrogens (tertiary/aromatic N) is 2. The summed E-state index contributed by atoms with van der Waals surface area (Å²) >= 11 is 0. The van der Waals surface area contributed by atoms with Gasteiger partial charge in [0, 0.05) is 47.9 Å². The Morgan fingerprint density at radius 3 is 2.39 bits per heavy atom. The van der Waals surface area contributed by atoms with Crippen molar-refractivity contribution < 1.29 is 14.3 Å². The van der Waals surface area contributed by atoms with Crippen LogP contribution in [0, 0.1) is 17.7 Å². The molecule has 2 amide bonds. The second kappa shape index (κ2) is 10.9. The number of amides is 2. The van der Waals surface area contributed by atoms with Crippen LogP contribution in [0.1, 0.15) is 35.4 Å². The number of hydrogen-bond acceptors (Lipinski definition) is 3. The quantitative estimate of drug-likeness (QED) is 0.532. The van der Waals surface area contributed by atoms with E-state index in [2.05, 4.69) is 34.2 Å². The zero-order chi connectivity index (χ0) is 24.9. The van der Waals surface area contributed by atoms with E-state index >= 15 is 0 Å². The van der Waals surface area contributed by atoms with Crippen LogP contribution in [0.4, 0.5) is 14.9 Å². The van der Waals surface area contributed by atoms with Crippen LogP contribution in [0.2, 0.25) is 0 Å². The van der Waals surface area contributed by atoms with E-state index in [1.165, 1.54) is 12.1 Å². The number of fused-ring (bicyclic) bond motifs is 1. The van der Waals surface area contributed by atoms with Crippen molar-refractivity contribution in [2.24, 2.45) is 0 Å². The van der Waals surface area contributed by atoms with E-state index in [1.807, 2.05) is 47.4 Å². The summed E-state index contributed by atoms with van der Waals surface area (Å²) in [5, 5.41) is 13.0. The molecule has 5 nitrogen and oxygen atoms in total. The summed E-state index contributed by atoms with van der Waals surface area (Å²) in [5.41, 5.74) is 3.51. The van der Waals surface area contributed by atoms with Gasteiger partial charge in [-0.3, -0.25) is 4.90 Å². The molecule has 2 saturated heterocycles. The van der Waals surface area contributed by atoms with Gasteiger partial charge in [0.25, 0.3) is 0 Å². The van der Waals surface area contributed by atoms with Gasteiger partial charge in [-0.1, -0.05) is 48.2 Å². The molecule has 36 heavy (non-hydrogen) atoms. The lowest BCUT2D eigenvalue weighted by Gasteiger charge is -2.57. The Hall–Kier alpha value is -3.66. The van der Waals surface area contributed by atoms with Gasteiger partial charge in [0.2, 0.25) is 0 Å². The Kier molecular flexibility index (Phi) is 7.31. The summed E-state index contributed by atoms with van der Waals surface area (Å²) in [4.78, 5) is 17.2. The number of aliphatic hydroxyl groups excluding tert-OH is 1. The van der Waals surface area contributed by atoms with Gasteiger partial charge in [0.1, 0.15) is 5.82 Å². The third-order valence-corrected chi connectivity index (χ3v) is 7.15. The minimum atomic E-state index is -0.381. The minimum Gasteiger partial charge on any atom is -0.395 e. The average Bonchev–Trinajstić information content (AvgIpc) is 2.88. The van der Waals surface area contributed by atoms with Crippen molar-refractivity contribution in [3.8, 4) is 11.8 Å². The Morgan fingerprint density at radius 1 is 0.944 bits per heavy atom. The van der Waals surface area contributed by atoms with Crippen molar-refractivity contribution in [2.75, 3.05) is 31.6 Å². The molecule has 0 radical (unpaired) electrons. The zero-order valence-electron chi connectivity index (χ0n) is 20.1. The molecule has 0 bridgehead atoms. The Morgan fingerprint density at radius 2 is 1.67 bits per heavy atom. The van der Waals surface area contributed by atoms with Gasteiger partial charge in [-0.25, -0.2) is 9.18 Å². The number of nitrogens with one attached hydrogen (secondary N) is 1. The molecule has 2 aliphatic heterocycles. The zero-order valence-corrected chi connectivity index (χ0v) is 20.1. The summed E-state index contributed by atoms with van der Waals surface area (Å²) in [6, 6.07) is 24.0. The molecular weight excluding hydrogens is 453 g/mol. The minimum absolute atomic E-state index is 0.0301. The Balaban J connectivity index is 1.32. The van der Waals surface area contributed by atoms with Crippen LogP contribution >= 0.6 is 0 Å². The van der Waals surface area contributed by atoms with E-state index < -0.39 is 0 Å². The number of anilines is 1. The van der Waals surface area contributed by atoms with Gasteiger partial charge in [-0.05, 0) is 67.4 Å². The highest BCUT2D eigenvalue weighted by molar-refractivity contribution is 5.89. The molecule has 2 fully saturated rings. The SMILES string of the molecule is O=C(Nc1cccc(F)c1)N1CCCCN2[C@H](CO)[C@@H](c3ccc(C#Cc4ccccc4)cc3)[C@@H]2C1. The van der Waals surface area contributed by atoms with Crippen molar-refractivity contribution in [3.05, 3.63) is 101 Å². The van der Waals surface area contributed by atoms with Crippen LogP contribution < -0.4 is 5.32 Å². The molecule has 184 valence electrons. The number of hydrogen-bond donors (Lipinski definition) is 2. The molecule has 6 heteroatoms. The van der Waals surface area contributed by atoms with Gasteiger partial charge in [-0.15, -0.1) is 0 Å². The maximum absolute atomic E-state index is 13.6. The van der Waals surface area contributed by atoms with Gasteiger partial charge < -0.3 is 15.3 Å². The first-order chi connectivity index (χ1) is 17.6. The fourth-order valence-corrected chi connectivity index (χ4v) is 5.35. The third kappa shape index (κ3) is 5.28. The lowest BCUT2D eigenvalue weighted by atomic mass is 9.74. The molecule has 0 saturated carbocycles. The van der Waals surface area contributed by atoms with Crippen molar-refractivity contribution in [3.63, 3.8) is 0 Å². The highest BCUT2D eigenvalue weighted by Gasteiger charge is 2.49. The predicted molar refractivity (Wildman–Crippen MR) is 139 cm³/mol. The summed E-state index contributed by atoms with van der Waals surface area (Å²) in [6.07, 6.45) is 1.84. The first kappa shape index (κ1) is 24.1. The number of rotatable bonds is 3. The second-order valence-corrected chi connectivity index (χ2v) is 9.41. The smallest absolute Gasteiger partial charge is 0.321 e. The summed E-state index contributed by atoms with van der Waals surface area (Å²) in [5.74, 6) is 6.14. The van der Waals surface area contributed by atoms with Crippen LogP contribution in [0.3, 0.4) is 0 Å². The second-order valence-electron chi connectivity index (χ2n) is 9.41. The van der Waals surface area contributed by atoms with Crippen molar-refractivity contribution in [1.29, 1.82) is 0 Å². The first-order valence-corrected chi connectivity index (χ1v) is 12.5. The number of carbonyl (C=O) groups is 1. The molecule has 3 atom stereocenters. The molecule has 0 aromatic heterocycles. The highest BCUT2D eigenvalue weighted by atomic mass is 19.1. The van der Waals surface area contributed by atoms with Crippen LogP contribution in [0.15, 0.2) is 78.9 Å². The topological polar surface area (TPSA) is 55.8 Å². The highest BCUT2D eigenvalue weighted by Crippen LogP contribution is 2.42. The van der Waals surface area contributed by atoms with Gasteiger partial charge in [0.15, 0.2) is 0 Å². The fraction of sp³-hybridized carbons (Fsp3) is 0.300. The van der Waals surface area contributed by atoms with E-state index in [0.717, 1.165) is 36.1 Å². The molecule has 0 aliphatic carbocycles. The molecule has 2 N–H and O–H groups in total. The molecule has 0 spiro atoms. The summed E-state index contributed by atoms with van der Waals surface area (Å²) in [6.45, 7) is 2.19. The van der Waals surface area contributed by atoms with Crippen LogP contribution in [-0.2, 0) is 0 Å². The number of halogens is 1. The number of aliphatic hydroxyl groups is 1. The molecule has 3 aromatic carbocycles. The van der Waals surface area contributed by atoms with Gasteiger partial charge in [0.05, 0.1) is 6.61 Å². The molecule has 0 unspecified atom stereocenters. The van der Waals surface area contributed by atoms with E-state index in [0.29, 0.717) is 18.8 Å². The molecule has 2 heterocycles. The maximum Gasteiger partial charge on any atom is 0.321 e. The van der Waals surface area contributed by atoms with Crippen molar-refractivity contribution in [2.45, 2.75) is 30.8 Å². The number of urea groups is 1. The largest absolute Gasteiger partial charge is 0.395 e. The van der Waals surface area contributed by atoms with E-state index in [-0.39, 0.29) is 36.5 Å². The fourth-order valence-electron chi connectivity index (χ4n) is 5.35. The number of carbonyl (C=O) groups excluding carboxylic acids is 1. The first-order valence-electron chi connectivity index (χ1n) is 12.5. The molecule has 5 rings (SSSR count). The summed E-state index contributed by atoms with van der Waals surface area (Å²) < 4.78 is 13.6. The van der Waals surface area contributed by atoms with Crippen LogP contribution in [0.5, 0.6) is 0 Å². The summed E-state index contributed by atoms with van der Waals surface area (Å²) in [7, 11) is 0. The van der Waals surface area contributed by atoms with Gasteiger partial charge in [-0.2, -0.15) is 0 Å². The van der Waals surface area contributed by atoms with Crippen LogP contribution in [-0.4, -0.2) is 59.3 Å². The third-order valence-electron chi connectivity index (χ3n) is 7.15. The monoisotopic (exact) mass is 483 g/mol. The Labute approximate surface area is 211 Å². The number of benzene rings is 3. The predicted octanol–water partition coefficient (Wildman–Crippen LogP) is 4.68. The lowest BCUT2D eigenvalue weighted by molar-refractivity contribution is -0.0585. The van der Waals surface area contributed by atoms with E-state index in [4.69, 9.17) is 0 Å². The Bertz CT molecular complexity index is 1250. The average molecular weight is 484 g/mol. The molecule has 2 aliphatic rings. The molecule has 3 aromatic rings. The standard InChI is InChI=1S/C30H30FN3O2/c31-25-9-6-10-26(19-25)32-30(36)33-17-4-5-18-34-27(20-33)29(28(34)21-35)24-15-13-23(14-16-24)12-11-22-7-2-1-3-8-22/h1-3,6-10,13-16,19,27-29,35H,4-5,17-18,20-21H2,(H,32,36)/t27-,28+,29-/m0/s1. The lowest BCUT2D eigenvalue weighted by Crippen LogP contribution is -2.68. The van der Waals surface area contributed by atoms with Gasteiger partial charge >= 0.3 is 6.03 Å². The molecular formula is C30H30FN3O2. The van der Waals surface area contributed by atoms with Crippen LogP contribution in [0.25, 0.3) is 0 Å². The maximum atomic E-state index is 13.6. The van der Waals surface area contributed by atoms with E-state index in [9.17, 15) is 14.3 Å². The van der Waals surface area contributed by atoms with E-state index in [1.54, 1.807) is 12.1 Å². The van der Waals surface area contributed by atoms with Crippen molar-refractivity contribution >= 4 is 11.7 Å². The van der Waals surface area contributed by atoms with Crippen molar-refractivity contribution in [1.82, 2.24) is 9.80 Å².